The molecule has 190 valence electrons. The summed E-state index contributed by atoms with van der Waals surface area (Å²) in [6, 6.07) is 5.21. The first-order chi connectivity index (χ1) is 17.2. The third kappa shape index (κ3) is 6.86. The van der Waals surface area contributed by atoms with Gasteiger partial charge in [0, 0.05) is 5.56 Å². The molecule has 0 bridgehead atoms. The number of thioether (sulfide) groups is 1. The summed E-state index contributed by atoms with van der Waals surface area (Å²) in [5.41, 5.74) is 0.591. The zero-order valence-electron chi connectivity index (χ0n) is 19.4. The molecule has 0 spiro atoms. The number of esters is 2. The number of rotatable bonds is 10. The van der Waals surface area contributed by atoms with E-state index in [4.69, 9.17) is 9.47 Å². The molecule has 0 atom stereocenters. The highest BCUT2D eigenvalue weighted by atomic mass is 32.2. The summed E-state index contributed by atoms with van der Waals surface area (Å²) in [6.45, 7) is 5.19. The van der Waals surface area contributed by atoms with Crippen LogP contribution in [0.3, 0.4) is 0 Å². The number of carbonyl (C=O) groups excluding carboxylic acids is 4. The van der Waals surface area contributed by atoms with Gasteiger partial charge in [-0.2, -0.15) is 0 Å². The quantitative estimate of drug-likeness (QED) is 0.213. The van der Waals surface area contributed by atoms with E-state index >= 15 is 0 Å². The molecule has 10 nitrogen and oxygen atoms in total. The van der Waals surface area contributed by atoms with Gasteiger partial charge in [-0.05, 0) is 44.5 Å². The fraction of sp³-hybridized carbons (Fsp3) is 0.273. The van der Waals surface area contributed by atoms with Crippen molar-refractivity contribution in [1.82, 2.24) is 10.2 Å². The van der Waals surface area contributed by atoms with E-state index in [-0.39, 0.29) is 45.1 Å². The molecule has 0 unspecified atom stereocenters. The summed E-state index contributed by atoms with van der Waals surface area (Å²) in [6.07, 6.45) is 0. The van der Waals surface area contributed by atoms with E-state index in [1.807, 2.05) is 0 Å². The number of amides is 2. The van der Waals surface area contributed by atoms with Crippen LogP contribution < -0.4 is 10.6 Å². The van der Waals surface area contributed by atoms with Crippen LogP contribution in [-0.2, 0) is 14.3 Å². The van der Waals surface area contributed by atoms with Crippen LogP contribution in [0.25, 0.3) is 0 Å². The predicted octanol–water partition coefficient (Wildman–Crippen LogP) is 4.38. The Labute approximate surface area is 217 Å². The van der Waals surface area contributed by atoms with E-state index in [0.717, 1.165) is 40.5 Å². The Morgan fingerprint density at radius 2 is 1.75 bits per heavy atom. The molecule has 0 aliphatic carbocycles. The monoisotopic (exact) mass is 552 g/mol. The second-order valence-corrected chi connectivity index (χ2v) is 10.1. The lowest BCUT2D eigenvalue weighted by Crippen LogP contribution is -2.16. The first kappa shape index (κ1) is 27.2. The molecule has 2 aromatic heterocycles. The summed E-state index contributed by atoms with van der Waals surface area (Å²) >= 11 is 3.04. The normalized spacial score (nSPS) is 10.6. The largest absolute Gasteiger partial charge is 0.462 e. The predicted molar refractivity (Wildman–Crippen MR) is 135 cm³/mol. The number of hydrogen-bond donors (Lipinski definition) is 2. The average Bonchev–Trinajstić information content (AvgIpc) is 3.41. The molecule has 0 radical (unpaired) electrons. The van der Waals surface area contributed by atoms with Gasteiger partial charge in [-0.1, -0.05) is 29.2 Å². The second kappa shape index (κ2) is 12.6. The fourth-order valence-electron chi connectivity index (χ4n) is 2.85. The van der Waals surface area contributed by atoms with Gasteiger partial charge in [0.05, 0.1) is 24.5 Å². The third-order valence-corrected chi connectivity index (χ3v) is 7.54. The van der Waals surface area contributed by atoms with Crippen molar-refractivity contribution in [2.45, 2.75) is 25.1 Å². The van der Waals surface area contributed by atoms with Crippen molar-refractivity contribution in [1.29, 1.82) is 0 Å². The molecule has 0 aliphatic rings. The number of nitrogens with zero attached hydrogens (tertiary/aromatic N) is 2. The van der Waals surface area contributed by atoms with Gasteiger partial charge in [0.15, 0.2) is 4.34 Å². The number of aromatic nitrogens is 2. The molecule has 3 aromatic rings. The van der Waals surface area contributed by atoms with Crippen molar-refractivity contribution in [3.8, 4) is 0 Å². The van der Waals surface area contributed by atoms with Crippen LogP contribution in [0.1, 0.15) is 49.8 Å². The maximum atomic E-state index is 13.3. The zero-order valence-corrected chi connectivity index (χ0v) is 21.8. The summed E-state index contributed by atoms with van der Waals surface area (Å²) < 4.78 is 23.8. The number of carbonyl (C=O) groups is 4. The molecule has 0 saturated heterocycles. The minimum absolute atomic E-state index is 0.0829. The molecule has 0 saturated carbocycles. The summed E-state index contributed by atoms with van der Waals surface area (Å²) in [5, 5.41) is 13.3. The maximum Gasteiger partial charge on any atom is 0.348 e. The van der Waals surface area contributed by atoms with Gasteiger partial charge >= 0.3 is 11.9 Å². The molecule has 2 heterocycles. The van der Waals surface area contributed by atoms with Crippen molar-refractivity contribution in [2.24, 2.45) is 0 Å². The zero-order chi connectivity index (χ0) is 26.2. The Morgan fingerprint density at radius 3 is 2.44 bits per heavy atom. The van der Waals surface area contributed by atoms with Crippen LogP contribution >= 0.6 is 34.4 Å². The first-order valence-electron chi connectivity index (χ1n) is 10.5. The molecular weight excluding hydrogens is 531 g/mol. The molecule has 14 heteroatoms. The molecule has 3 rings (SSSR count). The maximum absolute atomic E-state index is 13.3. The number of halogens is 1. The van der Waals surface area contributed by atoms with E-state index < -0.39 is 29.6 Å². The van der Waals surface area contributed by atoms with E-state index in [9.17, 15) is 23.6 Å². The van der Waals surface area contributed by atoms with Crippen LogP contribution in [0, 0.1) is 12.7 Å². The van der Waals surface area contributed by atoms with Gasteiger partial charge in [-0.3, -0.25) is 14.9 Å². The van der Waals surface area contributed by atoms with E-state index in [0.29, 0.717) is 9.90 Å². The minimum Gasteiger partial charge on any atom is -0.462 e. The topological polar surface area (TPSA) is 137 Å². The van der Waals surface area contributed by atoms with E-state index in [2.05, 4.69) is 20.8 Å². The highest BCUT2D eigenvalue weighted by Crippen LogP contribution is 2.35. The Balaban J connectivity index is 1.64. The Bertz CT molecular complexity index is 1290. The summed E-state index contributed by atoms with van der Waals surface area (Å²) in [4.78, 5) is 49.7. The number of ether oxygens (including phenoxy) is 2. The first-order valence-corrected chi connectivity index (χ1v) is 13.2. The van der Waals surface area contributed by atoms with Gasteiger partial charge in [0.25, 0.3) is 5.91 Å². The van der Waals surface area contributed by atoms with Gasteiger partial charge in [0.2, 0.25) is 11.0 Å². The van der Waals surface area contributed by atoms with E-state index in [1.54, 1.807) is 20.8 Å². The van der Waals surface area contributed by atoms with Crippen molar-refractivity contribution >= 4 is 68.3 Å². The molecule has 0 fully saturated rings. The molecule has 0 aliphatic heterocycles. The summed E-state index contributed by atoms with van der Waals surface area (Å²) in [7, 11) is 0. The van der Waals surface area contributed by atoms with Gasteiger partial charge in [0.1, 0.15) is 15.7 Å². The SMILES string of the molecule is CCOC(=O)c1sc(NC(=O)CSc2nnc(NC(=O)c3cccc(F)c3)s2)c(C(=O)OCC)c1C. The summed E-state index contributed by atoms with van der Waals surface area (Å²) in [5.74, 6) is -2.88. The Morgan fingerprint density at radius 1 is 1.03 bits per heavy atom. The van der Waals surface area contributed by atoms with Crippen molar-refractivity contribution in [3.05, 3.63) is 51.7 Å². The van der Waals surface area contributed by atoms with Crippen LogP contribution in [-0.4, -0.2) is 52.9 Å². The lowest BCUT2D eigenvalue weighted by molar-refractivity contribution is -0.113. The smallest absolute Gasteiger partial charge is 0.348 e. The lowest BCUT2D eigenvalue weighted by atomic mass is 10.1. The Hall–Kier alpha value is -3.36. The molecule has 36 heavy (non-hydrogen) atoms. The van der Waals surface area contributed by atoms with Crippen LogP contribution in [0.15, 0.2) is 28.6 Å². The van der Waals surface area contributed by atoms with Gasteiger partial charge in [-0.25, -0.2) is 14.0 Å². The van der Waals surface area contributed by atoms with Crippen molar-refractivity contribution in [2.75, 3.05) is 29.6 Å². The van der Waals surface area contributed by atoms with Gasteiger partial charge in [-0.15, -0.1) is 21.5 Å². The number of anilines is 2. The third-order valence-electron chi connectivity index (χ3n) is 4.38. The minimum atomic E-state index is -0.660. The molecule has 2 amide bonds. The number of hydrogen-bond acceptors (Lipinski definition) is 11. The standard InChI is InChI=1S/C22H21FN4O6S3/c1-4-32-19(30)15-11(3)16(20(31)33-5-2)35-18(15)24-14(28)10-34-22-27-26-21(36-22)25-17(29)12-7-6-8-13(23)9-12/h6-9H,4-5,10H2,1-3H3,(H,24,28)(H,25,26,29). The second-order valence-electron chi connectivity index (χ2n) is 6.88. The van der Waals surface area contributed by atoms with Crippen LogP contribution in [0.5, 0.6) is 0 Å². The highest BCUT2D eigenvalue weighted by Gasteiger charge is 2.27. The molecule has 2 N–H and O–H groups in total. The molecule has 1 aromatic carbocycles. The lowest BCUT2D eigenvalue weighted by Gasteiger charge is -2.06. The fourth-order valence-corrected chi connectivity index (χ4v) is 5.50. The number of nitrogens with one attached hydrogen (secondary N) is 2. The van der Waals surface area contributed by atoms with Crippen molar-refractivity contribution < 1.29 is 33.0 Å². The Kier molecular flexibility index (Phi) is 9.50. The number of benzene rings is 1. The number of thiophene rings is 1. The molecular formula is C22H21FN4O6S3. The highest BCUT2D eigenvalue weighted by molar-refractivity contribution is 8.01. The van der Waals surface area contributed by atoms with Crippen molar-refractivity contribution in [3.63, 3.8) is 0 Å². The van der Waals surface area contributed by atoms with Gasteiger partial charge < -0.3 is 14.8 Å². The van der Waals surface area contributed by atoms with Crippen LogP contribution in [0.2, 0.25) is 0 Å². The van der Waals surface area contributed by atoms with E-state index in [1.165, 1.54) is 18.2 Å². The average molecular weight is 553 g/mol. The van der Waals surface area contributed by atoms with Crippen LogP contribution in [0.4, 0.5) is 14.5 Å².